The molecule has 5 nitrogen and oxygen atoms in total. The van der Waals surface area contributed by atoms with Crippen LogP contribution in [-0.2, 0) is 11.3 Å². The molecule has 0 saturated heterocycles. The monoisotopic (exact) mass is 358 g/mol. The summed E-state index contributed by atoms with van der Waals surface area (Å²) in [7, 11) is 3.19. The normalized spacial score (nSPS) is 11.1. The molecule has 0 heterocycles. The Labute approximate surface area is 134 Å². The Morgan fingerprint density at radius 3 is 2.29 bits per heavy atom. The van der Waals surface area contributed by atoms with Crippen molar-refractivity contribution < 1.29 is 14.3 Å². The first-order valence-corrected chi connectivity index (χ1v) is 7.48. The van der Waals surface area contributed by atoms with Crippen molar-refractivity contribution >= 4 is 21.8 Å². The number of ether oxygens (including phenoxy) is 2. The minimum atomic E-state index is -0.220. The van der Waals surface area contributed by atoms with Crippen LogP contribution in [0.25, 0.3) is 0 Å². The predicted molar refractivity (Wildman–Crippen MR) is 86.8 cm³/mol. The number of benzene rings is 1. The molecule has 0 saturated carbocycles. The van der Waals surface area contributed by atoms with Crippen molar-refractivity contribution in [1.82, 2.24) is 10.6 Å². The van der Waals surface area contributed by atoms with Crippen LogP contribution >= 0.6 is 15.9 Å². The van der Waals surface area contributed by atoms with Gasteiger partial charge in [-0.1, -0.05) is 15.9 Å². The summed E-state index contributed by atoms with van der Waals surface area (Å²) in [6.45, 7) is 6.68. The van der Waals surface area contributed by atoms with Gasteiger partial charge in [-0.3, -0.25) is 4.79 Å². The van der Waals surface area contributed by atoms with Gasteiger partial charge in [0.25, 0.3) is 0 Å². The SMILES string of the molecule is COc1cc(Br)c(CNCC(=O)NC(C)(C)C)cc1OC. The molecule has 1 rings (SSSR count). The van der Waals surface area contributed by atoms with E-state index in [-0.39, 0.29) is 18.0 Å². The smallest absolute Gasteiger partial charge is 0.234 e. The number of hydrogen-bond acceptors (Lipinski definition) is 4. The highest BCUT2D eigenvalue weighted by Crippen LogP contribution is 2.33. The van der Waals surface area contributed by atoms with Gasteiger partial charge in [0.2, 0.25) is 5.91 Å². The van der Waals surface area contributed by atoms with Gasteiger partial charge in [0.15, 0.2) is 11.5 Å². The van der Waals surface area contributed by atoms with Crippen molar-refractivity contribution in [2.24, 2.45) is 0 Å². The van der Waals surface area contributed by atoms with Gasteiger partial charge in [0, 0.05) is 16.6 Å². The Bertz CT molecular complexity index is 498. The zero-order chi connectivity index (χ0) is 16.0. The average molecular weight is 359 g/mol. The number of rotatable bonds is 6. The van der Waals surface area contributed by atoms with Crippen molar-refractivity contribution in [2.45, 2.75) is 32.9 Å². The molecule has 0 fully saturated rings. The van der Waals surface area contributed by atoms with Gasteiger partial charge >= 0.3 is 0 Å². The first kappa shape index (κ1) is 17.8. The van der Waals surface area contributed by atoms with E-state index < -0.39 is 0 Å². The summed E-state index contributed by atoms with van der Waals surface area (Å²) in [5, 5.41) is 6.02. The molecule has 0 aliphatic carbocycles. The van der Waals surface area contributed by atoms with E-state index in [1.165, 1.54) is 0 Å². The van der Waals surface area contributed by atoms with Crippen molar-refractivity contribution in [3.05, 3.63) is 22.2 Å². The van der Waals surface area contributed by atoms with Gasteiger partial charge in [-0.2, -0.15) is 0 Å². The highest BCUT2D eigenvalue weighted by atomic mass is 79.9. The number of amides is 1. The van der Waals surface area contributed by atoms with Crippen LogP contribution in [0, 0.1) is 0 Å². The summed E-state index contributed by atoms with van der Waals surface area (Å²) in [6, 6.07) is 3.74. The molecule has 2 N–H and O–H groups in total. The number of carbonyl (C=O) groups is 1. The molecular weight excluding hydrogens is 336 g/mol. The van der Waals surface area contributed by atoms with E-state index in [4.69, 9.17) is 9.47 Å². The topological polar surface area (TPSA) is 59.6 Å². The minimum Gasteiger partial charge on any atom is -0.493 e. The molecule has 0 bridgehead atoms. The lowest BCUT2D eigenvalue weighted by molar-refractivity contribution is -0.121. The first-order chi connectivity index (χ1) is 9.76. The van der Waals surface area contributed by atoms with Crippen LogP contribution in [0.2, 0.25) is 0 Å². The molecule has 0 radical (unpaired) electrons. The van der Waals surface area contributed by atoms with E-state index in [1.807, 2.05) is 32.9 Å². The summed E-state index contributed by atoms with van der Waals surface area (Å²) in [6.07, 6.45) is 0. The molecule has 0 atom stereocenters. The third-order valence-electron chi connectivity index (χ3n) is 2.67. The van der Waals surface area contributed by atoms with Gasteiger partial charge in [0.05, 0.1) is 20.8 Å². The Morgan fingerprint density at radius 1 is 1.19 bits per heavy atom. The Hall–Kier alpha value is -1.27. The number of methoxy groups -OCH3 is 2. The molecule has 1 amide bonds. The van der Waals surface area contributed by atoms with E-state index in [0.717, 1.165) is 10.0 Å². The van der Waals surface area contributed by atoms with Crippen LogP contribution in [0.15, 0.2) is 16.6 Å². The van der Waals surface area contributed by atoms with Crippen molar-refractivity contribution in [1.29, 1.82) is 0 Å². The third kappa shape index (κ3) is 5.93. The fourth-order valence-electron chi connectivity index (χ4n) is 1.80. The first-order valence-electron chi connectivity index (χ1n) is 6.69. The second kappa shape index (κ2) is 7.66. The molecule has 0 aliphatic heterocycles. The van der Waals surface area contributed by atoms with Crippen LogP contribution < -0.4 is 20.1 Å². The molecule has 21 heavy (non-hydrogen) atoms. The third-order valence-corrected chi connectivity index (χ3v) is 3.41. The Kier molecular flexibility index (Phi) is 6.48. The van der Waals surface area contributed by atoms with Crippen LogP contribution in [0.3, 0.4) is 0 Å². The van der Waals surface area contributed by atoms with E-state index in [2.05, 4.69) is 26.6 Å². The highest BCUT2D eigenvalue weighted by molar-refractivity contribution is 9.10. The summed E-state index contributed by atoms with van der Waals surface area (Å²) in [4.78, 5) is 11.7. The molecule has 0 unspecified atom stereocenters. The molecule has 6 heteroatoms. The van der Waals surface area contributed by atoms with Crippen molar-refractivity contribution in [3.63, 3.8) is 0 Å². The molecule has 118 valence electrons. The fourth-order valence-corrected chi connectivity index (χ4v) is 2.27. The molecule has 1 aromatic carbocycles. The molecule has 0 aromatic heterocycles. The number of nitrogens with one attached hydrogen (secondary N) is 2. The lowest BCUT2D eigenvalue weighted by Gasteiger charge is -2.20. The maximum Gasteiger partial charge on any atom is 0.234 e. The van der Waals surface area contributed by atoms with Gasteiger partial charge in [-0.05, 0) is 38.5 Å². The van der Waals surface area contributed by atoms with E-state index in [0.29, 0.717) is 18.0 Å². The van der Waals surface area contributed by atoms with Crippen LogP contribution in [0.1, 0.15) is 26.3 Å². The summed E-state index contributed by atoms with van der Waals surface area (Å²) >= 11 is 3.49. The number of carbonyl (C=O) groups excluding carboxylic acids is 1. The average Bonchev–Trinajstić information content (AvgIpc) is 2.38. The van der Waals surface area contributed by atoms with Crippen LogP contribution in [0.4, 0.5) is 0 Å². The summed E-state index contributed by atoms with van der Waals surface area (Å²) < 4.78 is 11.4. The van der Waals surface area contributed by atoms with Crippen LogP contribution in [-0.4, -0.2) is 32.2 Å². The quantitative estimate of drug-likeness (QED) is 0.819. The summed E-state index contributed by atoms with van der Waals surface area (Å²) in [5.41, 5.74) is 0.777. The predicted octanol–water partition coefficient (Wildman–Crippen LogP) is 2.47. The Balaban J connectivity index is 2.62. The van der Waals surface area contributed by atoms with Crippen molar-refractivity contribution in [3.8, 4) is 11.5 Å². The molecule has 0 aliphatic rings. The maximum absolute atomic E-state index is 11.7. The minimum absolute atomic E-state index is 0.0286. The lowest BCUT2D eigenvalue weighted by atomic mass is 10.1. The largest absolute Gasteiger partial charge is 0.493 e. The highest BCUT2D eigenvalue weighted by Gasteiger charge is 2.14. The van der Waals surface area contributed by atoms with Gasteiger partial charge in [0.1, 0.15) is 0 Å². The standard InChI is InChI=1S/C15H23BrN2O3/c1-15(2,3)18-14(19)9-17-8-10-6-12(20-4)13(21-5)7-11(10)16/h6-7,17H,8-9H2,1-5H3,(H,18,19). The van der Waals surface area contributed by atoms with E-state index in [1.54, 1.807) is 14.2 Å². The van der Waals surface area contributed by atoms with Gasteiger partial charge in [-0.15, -0.1) is 0 Å². The van der Waals surface area contributed by atoms with Crippen molar-refractivity contribution in [2.75, 3.05) is 20.8 Å². The summed E-state index contributed by atoms with van der Waals surface area (Å²) in [5.74, 6) is 1.30. The second-order valence-electron chi connectivity index (χ2n) is 5.70. The van der Waals surface area contributed by atoms with E-state index in [9.17, 15) is 4.79 Å². The maximum atomic E-state index is 11.7. The molecule has 1 aromatic rings. The van der Waals surface area contributed by atoms with E-state index >= 15 is 0 Å². The van der Waals surface area contributed by atoms with Gasteiger partial charge < -0.3 is 20.1 Å². The Morgan fingerprint density at radius 2 is 1.76 bits per heavy atom. The molecular formula is C15H23BrN2O3. The number of hydrogen-bond donors (Lipinski definition) is 2. The lowest BCUT2D eigenvalue weighted by Crippen LogP contribution is -2.44. The molecule has 0 spiro atoms. The number of halogens is 1. The second-order valence-corrected chi connectivity index (χ2v) is 6.55. The zero-order valence-corrected chi connectivity index (χ0v) is 14.8. The fraction of sp³-hybridized carbons (Fsp3) is 0.533. The van der Waals surface area contributed by atoms with Crippen LogP contribution in [0.5, 0.6) is 11.5 Å². The zero-order valence-electron chi connectivity index (χ0n) is 13.2. The van der Waals surface area contributed by atoms with Gasteiger partial charge in [-0.25, -0.2) is 0 Å².